The number of amides is 2. The van der Waals surface area contributed by atoms with Gasteiger partial charge in [-0.1, -0.05) is 6.07 Å². The molecule has 2 heterocycles. The lowest BCUT2D eigenvalue weighted by atomic mass is 10.1. The highest BCUT2D eigenvalue weighted by Crippen LogP contribution is 2.15. The standard InChI is InChI=1S/C18H24FN3O2S.ClH/c1-13-2-3-14(10-16(13)19)18(24)22-7-5-21(6-8-22)17(23)11-15-12-25-9-4-20-15;/h2-3,10,15,20H,4-9,11-12H2,1H3;1H. The maximum Gasteiger partial charge on any atom is 0.254 e. The molecule has 1 unspecified atom stereocenters. The van der Waals surface area contributed by atoms with E-state index in [1.807, 2.05) is 16.7 Å². The second-order valence-electron chi connectivity index (χ2n) is 6.57. The van der Waals surface area contributed by atoms with Crippen molar-refractivity contribution >= 4 is 36.0 Å². The monoisotopic (exact) mass is 401 g/mol. The zero-order valence-corrected chi connectivity index (χ0v) is 16.5. The molecule has 3 rings (SSSR count). The van der Waals surface area contributed by atoms with E-state index in [4.69, 9.17) is 0 Å². The quantitative estimate of drug-likeness (QED) is 0.841. The number of rotatable bonds is 3. The third-order valence-electron chi connectivity index (χ3n) is 4.76. The van der Waals surface area contributed by atoms with Gasteiger partial charge in [0.2, 0.25) is 5.91 Å². The van der Waals surface area contributed by atoms with Gasteiger partial charge < -0.3 is 15.1 Å². The van der Waals surface area contributed by atoms with Gasteiger partial charge in [-0.25, -0.2) is 4.39 Å². The Morgan fingerprint density at radius 2 is 1.92 bits per heavy atom. The molecule has 8 heteroatoms. The van der Waals surface area contributed by atoms with Gasteiger partial charge in [0.05, 0.1) is 0 Å². The number of nitrogens with one attached hydrogen (secondary N) is 1. The van der Waals surface area contributed by atoms with Gasteiger partial charge in [-0.05, 0) is 24.6 Å². The summed E-state index contributed by atoms with van der Waals surface area (Å²) >= 11 is 1.88. The predicted molar refractivity (Wildman–Crippen MR) is 105 cm³/mol. The number of hydrogen-bond donors (Lipinski definition) is 1. The van der Waals surface area contributed by atoms with Crippen LogP contribution in [-0.4, -0.2) is 71.9 Å². The van der Waals surface area contributed by atoms with Crippen molar-refractivity contribution in [3.05, 3.63) is 35.1 Å². The second-order valence-corrected chi connectivity index (χ2v) is 7.72. The maximum absolute atomic E-state index is 13.7. The van der Waals surface area contributed by atoms with Crippen LogP contribution in [0, 0.1) is 12.7 Å². The molecule has 0 radical (unpaired) electrons. The van der Waals surface area contributed by atoms with Crippen LogP contribution in [-0.2, 0) is 4.79 Å². The molecule has 0 bridgehead atoms. The molecule has 2 fully saturated rings. The molecule has 0 saturated carbocycles. The van der Waals surface area contributed by atoms with E-state index < -0.39 is 0 Å². The fourth-order valence-electron chi connectivity index (χ4n) is 3.16. The van der Waals surface area contributed by atoms with Crippen LogP contribution in [0.1, 0.15) is 22.3 Å². The molecular weight excluding hydrogens is 377 g/mol. The molecule has 144 valence electrons. The van der Waals surface area contributed by atoms with Crippen LogP contribution in [0.4, 0.5) is 4.39 Å². The first-order chi connectivity index (χ1) is 12.0. The van der Waals surface area contributed by atoms with E-state index in [2.05, 4.69) is 5.32 Å². The highest BCUT2D eigenvalue weighted by Gasteiger charge is 2.27. The minimum Gasteiger partial charge on any atom is -0.339 e. The number of piperazine rings is 1. The molecule has 5 nitrogen and oxygen atoms in total. The summed E-state index contributed by atoms with van der Waals surface area (Å²) in [6.45, 7) is 4.70. The van der Waals surface area contributed by atoms with Crippen LogP contribution in [0.3, 0.4) is 0 Å². The van der Waals surface area contributed by atoms with Crippen LogP contribution in [0.5, 0.6) is 0 Å². The molecule has 26 heavy (non-hydrogen) atoms. The Bertz CT molecular complexity index is 647. The molecule has 0 aromatic heterocycles. The van der Waals surface area contributed by atoms with Gasteiger partial charge in [-0.3, -0.25) is 9.59 Å². The zero-order valence-electron chi connectivity index (χ0n) is 14.9. The average molecular weight is 402 g/mol. The third kappa shape index (κ3) is 5.11. The predicted octanol–water partition coefficient (Wildman–Crippen LogP) is 1.94. The second kappa shape index (κ2) is 9.58. The highest BCUT2D eigenvalue weighted by molar-refractivity contribution is 7.99. The van der Waals surface area contributed by atoms with E-state index in [-0.39, 0.29) is 36.1 Å². The van der Waals surface area contributed by atoms with E-state index in [0.717, 1.165) is 18.1 Å². The number of halogens is 2. The Balaban J connectivity index is 0.00000243. The number of hydrogen-bond acceptors (Lipinski definition) is 4. The van der Waals surface area contributed by atoms with Crippen LogP contribution in [0.15, 0.2) is 18.2 Å². The highest BCUT2D eigenvalue weighted by atomic mass is 35.5. The fourth-order valence-corrected chi connectivity index (χ4v) is 4.11. The van der Waals surface area contributed by atoms with Gasteiger partial charge in [0.1, 0.15) is 5.82 Å². The molecule has 1 N–H and O–H groups in total. The lowest BCUT2D eigenvalue weighted by Crippen LogP contribution is -2.52. The number of benzene rings is 1. The smallest absolute Gasteiger partial charge is 0.254 e. The van der Waals surface area contributed by atoms with Crippen LogP contribution >= 0.6 is 24.2 Å². The first-order valence-corrected chi connectivity index (χ1v) is 9.84. The first kappa shape index (κ1) is 21.0. The molecular formula is C18H25ClFN3O2S. The van der Waals surface area contributed by atoms with Crippen molar-refractivity contribution in [1.82, 2.24) is 15.1 Å². The van der Waals surface area contributed by atoms with Crippen molar-refractivity contribution in [2.75, 3.05) is 44.2 Å². The van der Waals surface area contributed by atoms with Crippen molar-refractivity contribution in [3.8, 4) is 0 Å². The van der Waals surface area contributed by atoms with Gasteiger partial charge in [0.15, 0.2) is 0 Å². The van der Waals surface area contributed by atoms with E-state index >= 15 is 0 Å². The molecule has 0 aliphatic carbocycles. The van der Waals surface area contributed by atoms with Gasteiger partial charge in [0, 0.05) is 62.3 Å². The minimum atomic E-state index is -0.363. The maximum atomic E-state index is 13.7. The summed E-state index contributed by atoms with van der Waals surface area (Å²) in [5, 5.41) is 3.38. The van der Waals surface area contributed by atoms with E-state index in [1.165, 1.54) is 6.07 Å². The number of carbonyl (C=O) groups is 2. The normalized spacial score (nSPS) is 20.5. The topological polar surface area (TPSA) is 52.7 Å². The first-order valence-electron chi connectivity index (χ1n) is 8.69. The van der Waals surface area contributed by atoms with Crippen LogP contribution < -0.4 is 5.32 Å². The third-order valence-corrected chi connectivity index (χ3v) is 5.89. The Kier molecular flexibility index (Phi) is 7.73. The van der Waals surface area contributed by atoms with Crippen LogP contribution in [0.25, 0.3) is 0 Å². The number of nitrogens with zero attached hydrogens (tertiary/aromatic N) is 2. The molecule has 2 amide bonds. The zero-order chi connectivity index (χ0) is 17.8. The molecule has 2 saturated heterocycles. The lowest BCUT2D eigenvalue weighted by Gasteiger charge is -2.36. The Morgan fingerprint density at radius 1 is 1.23 bits per heavy atom. The summed E-state index contributed by atoms with van der Waals surface area (Å²) < 4.78 is 13.7. The molecule has 1 atom stereocenters. The molecule has 2 aliphatic rings. The molecule has 1 aromatic carbocycles. The number of carbonyl (C=O) groups excluding carboxylic acids is 2. The average Bonchev–Trinajstić information content (AvgIpc) is 2.64. The van der Waals surface area contributed by atoms with Crippen molar-refractivity contribution in [1.29, 1.82) is 0 Å². The largest absolute Gasteiger partial charge is 0.339 e. The Hall–Kier alpha value is -1.31. The van der Waals surface area contributed by atoms with Crippen molar-refractivity contribution in [2.45, 2.75) is 19.4 Å². The lowest BCUT2D eigenvalue weighted by molar-refractivity contribution is -0.133. The van der Waals surface area contributed by atoms with Crippen molar-refractivity contribution < 1.29 is 14.0 Å². The Labute approximate surface area is 164 Å². The van der Waals surface area contributed by atoms with Gasteiger partial charge in [0.25, 0.3) is 5.91 Å². The van der Waals surface area contributed by atoms with Gasteiger partial charge >= 0.3 is 0 Å². The number of thioether (sulfide) groups is 1. The van der Waals surface area contributed by atoms with E-state index in [9.17, 15) is 14.0 Å². The van der Waals surface area contributed by atoms with Crippen LogP contribution in [0.2, 0.25) is 0 Å². The van der Waals surface area contributed by atoms with Crippen molar-refractivity contribution in [3.63, 3.8) is 0 Å². The fraction of sp³-hybridized carbons (Fsp3) is 0.556. The SMILES string of the molecule is Cc1ccc(C(=O)N2CCN(C(=O)CC3CSCCN3)CC2)cc1F.Cl. The number of aryl methyl sites for hydroxylation is 1. The minimum absolute atomic E-state index is 0. The van der Waals surface area contributed by atoms with Gasteiger partial charge in [-0.15, -0.1) is 12.4 Å². The summed E-state index contributed by atoms with van der Waals surface area (Å²) in [5.74, 6) is 1.69. The van der Waals surface area contributed by atoms with Crippen molar-refractivity contribution in [2.24, 2.45) is 0 Å². The summed E-state index contributed by atoms with van der Waals surface area (Å²) in [6, 6.07) is 4.82. The molecule has 1 aromatic rings. The summed E-state index contributed by atoms with van der Waals surface area (Å²) in [7, 11) is 0. The van der Waals surface area contributed by atoms with E-state index in [0.29, 0.717) is 43.7 Å². The molecule has 0 spiro atoms. The van der Waals surface area contributed by atoms with E-state index in [1.54, 1.807) is 24.0 Å². The summed E-state index contributed by atoms with van der Waals surface area (Å²) in [6.07, 6.45) is 0.518. The van der Waals surface area contributed by atoms with Gasteiger partial charge in [-0.2, -0.15) is 11.8 Å². The summed E-state index contributed by atoms with van der Waals surface area (Å²) in [4.78, 5) is 28.4. The Morgan fingerprint density at radius 3 is 2.54 bits per heavy atom. The molecule has 2 aliphatic heterocycles. The summed E-state index contributed by atoms with van der Waals surface area (Å²) in [5.41, 5.74) is 0.896.